The zero-order valence-corrected chi connectivity index (χ0v) is 12.0. The molecule has 1 aromatic rings. The SMILES string of the molecule is OC1(c2cccnc2)CCCCC1CN1CCOCC1. The van der Waals surface area contributed by atoms with E-state index in [-0.39, 0.29) is 0 Å². The number of hydrogen-bond donors (Lipinski definition) is 1. The normalized spacial score (nSPS) is 32.1. The average Bonchev–Trinajstić information content (AvgIpc) is 2.52. The smallest absolute Gasteiger partial charge is 0.0951 e. The summed E-state index contributed by atoms with van der Waals surface area (Å²) in [4.78, 5) is 6.62. The van der Waals surface area contributed by atoms with Crippen LogP contribution in [0.4, 0.5) is 0 Å². The second-order valence-electron chi connectivity index (χ2n) is 6.02. The van der Waals surface area contributed by atoms with Crippen molar-refractivity contribution in [2.45, 2.75) is 31.3 Å². The van der Waals surface area contributed by atoms with Crippen molar-refractivity contribution in [3.05, 3.63) is 30.1 Å². The molecule has 0 radical (unpaired) electrons. The van der Waals surface area contributed by atoms with Crippen LogP contribution in [-0.2, 0) is 10.3 Å². The summed E-state index contributed by atoms with van der Waals surface area (Å²) in [5, 5.41) is 11.2. The van der Waals surface area contributed by atoms with E-state index in [1.807, 2.05) is 18.3 Å². The van der Waals surface area contributed by atoms with Crippen molar-refractivity contribution >= 4 is 0 Å². The van der Waals surface area contributed by atoms with Gasteiger partial charge in [0, 0.05) is 43.5 Å². The standard InChI is InChI=1S/C16H24N2O2/c19-16(14-5-3-7-17-12-14)6-2-1-4-15(16)13-18-8-10-20-11-9-18/h3,5,7,12,15,19H,1-2,4,6,8-11,13H2. The molecule has 2 aliphatic rings. The number of aliphatic hydroxyl groups is 1. The third kappa shape index (κ3) is 2.87. The molecule has 20 heavy (non-hydrogen) atoms. The largest absolute Gasteiger partial charge is 0.385 e. The minimum absolute atomic E-state index is 0.304. The minimum atomic E-state index is -0.704. The Morgan fingerprint density at radius 2 is 2.20 bits per heavy atom. The van der Waals surface area contributed by atoms with Crippen LogP contribution in [0.3, 0.4) is 0 Å². The van der Waals surface area contributed by atoms with Gasteiger partial charge in [-0.25, -0.2) is 0 Å². The zero-order valence-electron chi connectivity index (χ0n) is 12.0. The molecule has 110 valence electrons. The van der Waals surface area contributed by atoms with Crippen LogP contribution >= 0.6 is 0 Å². The van der Waals surface area contributed by atoms with Gasteiger partial charge in [-0.2, -0.15) is 0 Å². The van der Waals surface area contributed by atoms with Crippen LogP contribution in [0.25, 0.3) is 0 Å². The van der Waals surface area contributed by atoms with E-state index in [2.05, 4.69) is 9.88 Å². The molecule has 1 saturated heterocycles. The number of hydrogen-bond acceptors (Lipinski definition) is 4. The van der Waals surface area contributed by atoms with Crippen LogP contribution in [0.1, 0.15) is 31.2 Å². The van der Waals surface area contributed by atoms with Gasteiger partial charge in [0.2, 0.25) is 0 Å². The third-order valence-corrected chi connectivity index (χ3v) is 4.78. The number of rotatable bonds is 3. The Hall–Kier alpha value is -0.970. The fourth-order valence-electron chi connectivity index (χ4n) is 3.56. The maximum Gasteiger partial charge on any atom is 0.0951 e. The van der Waals surface area contributed by atoms with Gasteiger partial charge in [-0.3, -0.25) is 9.88 Å². The molecular weight excluding hydrogens is 252 g/mol. The van der Waals surface area contributed by atoms with Gasteiger partial charge < -0.3 is 9.84 Å². The van der Waals surface area contributed by atoms with Crippen molar-refractivity contribution in [3.8, 4) is 0 Å². The molecule has 4 nitrogen and oxygen atoms in total. The van der Waals surface area contributed by atoms with Gasteiger partial charge in [0.1, 0.15) is 0 Å². The highest BCUT2D eigenvalue weighted by Crippen LogP contribution is 2.41. The molecule has 2 fully saturated rings. The Kier molecular flexibility index (Phi) is 4.34. The van der Waals surface area contributed by atoms with Gasteiger partial charge in [-0.05, 0) is 18.9 Å². The summed E-state index contributed by atoms with van der Waals surface area (Å²) in [6, 6.07) is 3.94. The highest BCUT2D eigenvalue weighted by atomic mass is 16.5. The quantitative estimate of drug-likeness (QED) is 0.914. The summed E-state index contributed by atoms with van der Waals surface area (Å²) in [5.74, 6) is 0.304. The third-order valence-electron chi connectivity index (χ3n) is 4.78. The van der Waals surface area contributed by atoms with E-state index < -0.39 is 5.60 Å². The van der Waals surface area contributed by atoms with E-state index >= 15 is 0 Å². The molecule has 0 spiro atoms. The van der Waals surface area contributed by atoms with Crippen LogP contribution in [0.15, 0.2) is 24.5 Å². The van der Waals surface area contributed by atoms with Crippen molar-refractivity contribution in [1.82, 2.24) is 9.88 Å². The van der Waals surface area contributed by atoms with Crippen molar-refractivity contribution in [3.63, 3.8) is 0 Å². The van der Waals surface area contributed by atoms with E-state index in [0.717, 1.165) is 57.7 Å². The van der Waals surface area contributed by atoms with Crippen LogP contribution in [0.2, 0.25) is 0 Å². The Labute approximate surface area is 120 Å². The van der Waals surface area contributed by atoms with Gasteiger partial charge in [0.15, 0.2) is 0 Å². The highest BCUT2D eigenvalue weighted by Gasteiger charge is 2.41. The number of pyridine rings is 1. The predicted molar refractivity (Wildman–Crippen MR) is 77.4 cm³/mol. The van der Waals surface area contributed by atoms with Crippen molar-refractivity contribution in [1.29, 1.82) is 0 Å². The average molecular weight is 276 g/mol. The molecule has 0 aromatic carbocycles. The Balaban J connectivity index is 1.76. The summed E-state index contributed by atoms with van der Waals surface area (Å²) < 4.78 is 5.41. The minimum Gasteiger partial charge on any atom is -0.385 e. The van der Waals surface area contributed by atoms with Gasteiger partial charge in [-0.15, -0.1) is 0 Å². The summed E-state index contributed by atoms with van der Waals surface area (Å²) in [6.45, 7) is 4.57. The van der Waals surface area contributed by atoms with E-state index in [0.29, 0.717) is 5.92 Å². The molecule has 2 heterocycles. The van der Waals surface area contributed by atoms with E-state index in [1.165, 1.54) is 6.42 Å². The molecule has 1 aliphatic heterocycles. The first-order chi connectivity index (χ1) is 9.79. The molecule has 0 bridgehead atoms. The fourth-order valence-corrected chi connectivity index (χ4v) is 3.56. The van der Waals surface area contributed by atoms with E-state index in [9.17, 15) is 5.11 Å². The lowest BCUT2D eigenvalue weighted by molar-refractivity contribution is -0.0747. The Morgan fingerprint density at radius 1 is 1.35 bits per heavy atom. The summed E-state index contributed by atoms with van der Waals surface area (Å²) in [5.41, 5.74) is 0.281. The predicted octanol–water partition coefficient (Wildman–Crippen LogP) is 1.79. The number of morpholine rings is 1. The topological polar surface area (TPSA) is 45.6 Å². The van der Waals surface area contributed by atoms with Crippen molar-refractivity contribution in [2.24, 2.45) is 5.92 Å². The number of nitrogens with zero attached hydrogens (tertiary/aromatic N) is 2. The maximum absolute atomic E-state index is 11.2. The van der Waals surface area contributed by atoms with E-state index in [1.54, 1.807) is 6.20 Å². The summed E-state index contributed by atoms with van der Waals surface area (Å²) >= 11 is 0. The van der Waals surface area contributed by atoms with Gasteiger partial charge >= 0.3 is 0 Å². The van der Waals surface area contributed by atoms with Gasteiger partial charge in [0.05, 0.1) is 18.8 Å². The van der Waals surface area contributed by atoms with Crippen LogP contribution in [0.5, 0.6) is 0 Å². The van der Waals surface area contributed by atoms with E-state index in [4.69, 9.17) is 4.74 Å². The van der Waals surface area contributed by atoms with Crippen LogP contribution in [0, 0.1) is 5.92 Å². The lowest BCUT2D eigenvalue weighted by Gasteiger charge is -2.43. The second kappa shape index (κ2) is 6.20. The molecular formula is C16H24N2O2. The van der Waals surface area contributed by atoms with Crippen LogP contribution in [-0.4, -0.2) is 47.8 Å². The van der Waals surface area contributed by atoms with Gasteiger partial charge in [0.25, 0.3) is 0 Å². The first-order valence-electron chi connectivity index (χ1n) is 7.72. The first kappa shape index (κ1) is 14.0. The molecule has 1 aromatic heterocycles. The maximum atomic E-state index is 11.2. The molecule has 1 saturated carbocycles. The molecule has 2 atom stereocenters. The first-order valence-corrected chi connectivity index (χ1v) is 7.72. The number of aromatic nitrogens is 1. The number of ether oxygens (including phenoxy) is 1. The lowest BCUT2D eigenvalue weighted by atomic mass is 9.71. The molecule has 1 aliphatic carbocycles. The molecule has 0 amide bonds. The van der Waals surface area contributed by atoms with Crippen LogP contribution < -0.4 is 0 Å². The van der Waals surface area contributed by atoms with Gasteiger partial charge in [-0.1, -0.05) is 18.9 Å². The van der Waals surface area contributed by atoms with Crippen molar-refractivity contribution in [2.75, 3.05) is 32.8 Å². The molecule has 3 rings (SSSR count). The fraction of sp³-hybridized carbons (Fsp3) is 0.688. The molecule has 2 unspecified atom stereocenters. The second-order valence-corrected chi connectivity index (χ2v) is 6.02. The Morgan fingerprint density at radius 3 is 2.95 bits per heavy atom. The lowest BCUT2D eigenvalue weighted by Crippen LogP contribution is -2.47. The molecule has 1 N–H and O–H groups in total. The monoisotopic (exact) mass is 276 g/mol. The highest BCUT2D eigenvalue weighted by molar-refractivity contribution is 5.20. The molecule has 4 heteroatoms. The zero-order chi connectivity index (χ0) is 13.8. The summed E-state index contributed by atoms with van der Waals surface area (Å²) in [7, 11) is 0. The Bertz CT molecular complexity index is 420. The van der Waals surface area contributed by atoms with Crippen molar-refractivity contribution < 1.29 is 9.84 Å². The summed E-state index contributed by atoms with van der Waals surface area (Å²) in [6.07, 6.45) is 7.88.